The summed E-state index contributed by atoms with van der Waals surface area (Å²) in [5.74, 6) is -1.23. The number of nitrogens with one attached hydrogen (secondary N) is 1. The van der Waals surface area contributed by atoms with Crippen LogP contribution in [0.5, 0.6) is 0 Å². The third kappa shape index (κ3) is 4.19. The first-order valence-electron chi connectivity index (χ1n) is 6.47. The molecule has 0 unspecified atom stereocenters. The zero-order valence-corrected chi connectivity index (χ0v) is 12.5. The van der Waals surface area contributed by atoms with Crippen molar-refractivity contribution in [2.45, 2.75) is 19.1 Å². The van der Waals surface area contributed by atoms with Gasteiger partial charge in [-0.2, -0.15) is 13.2 Å². The highest BCUT2D eigenvalue weighted by Crippen LogP contribution is 2.30. The Kier molecular flexibility index (Phi) is 4.89. The Morgan fingerprint density at radius 2 is 1.87 bits per heavy atom. The molecule has 0 aliphatic heterocycles. The lowest BCUT2D eigenvalue weighted by Crippen LogP contribution is -2.27. The lowest BCUT2D eigenvalue weighted by atomic mass is 10.1. The molecule has 8 heteroatoms. The van der Waals surface area contributed by atoms with E-state index in [2.05, 4.69) is 10.3 Å². The third-order valence-corrected chi connectivity index (χ3v) is 3.43. The van der Waals surface area contributed by atoms with Crippen molar-refractivity contribution >= 4 is 17.5 Å². The van der Waals surface area contributed by atoms with Gasteiger partial charge in [0.2, 0.25) is 0 Å². The number of pyridine rings is 1. The van der Waals surface area contributed by atoms with Gasteiger partial charge in [-0.25, -0.2) is 9.37 Å². The van der Waals surface area contributed by atoms with Gasteiger partial charge in [0.15, 0.2) is 0 Å². The first-order chi connectivity index (χ1) is 10.7. The summed E-state index contributed by atoms with van der Waals surface area (Å²) in [6.07, 6.45) is -4.07. The summed E-state index contributed by atoms with van der Waals surface area (Å²) in [5.41, 5.74) is -0.854. The van der Waals surface area contributed by atoms with Gasteiger partial charge in [-0.1, -0.05) is 23.7 Å². The summed E-state index contributed by atoms with van der Waals surface area (Å²) in [6.45, 7) is 1.61. The van der Waals surface area contributed by atoms with Crippen LogP contribution in [-0.4, -0.2) is 10.9 Å². The minimum atomic E-state index is -4.63. The fourth-order valence-corrected chi connectivity index (χ4v) is 2.06. The Morgan fingerprint density at radius 3 is 2.43 bits per heavy atom. The molecule has 23 heavy (non-hydrogen) atoms. The second-order valence-corrected chi connectivity index (χ2v) is 5.16. The molecule has 1 aromatic heterocycles. The number of hydrogen-bond donors (Lipinski definition) is 1. The van der Waals surface area contributed by atoms with Crippen molar-refractivity contribution in [3.8, 4) is 0 Å². The Bertz CT molecular complexity index is 716. The first-order valence-corrected chi connectivity index (χ1v) is 6.85. The molecule has 1 amide bonds. The second-order valence-electron chi connectivity index (χ2n) is 4.81. The average Bonchev–Trinajstić information content (AvgIpc) is 2.46. The van der Waals surface area contributed by atoms with Crippen molar-refractivity contribution in [2.24, 2.45) is 0 Å². The maximum atomic E-state index is 12.9. The summed E-state index contributed by atoms with van der Waals surface area (Å²) >= 11 is 5.70. The van der Waals surface area contributed by atoms with E-state index in [0.29, 0.717) is 17.8 Å². The van der Waals surface area contributed by atoms with E-state index >= 15 is 0 Å². The van der Waals surface area contributed by atoms with Gasteiger partial charge in [-0.3, -0.25) is 4.79 Å². The van der Waals surface area contributed by atoms with Crippen molar-refractivity contribution in [3.05, 3.63) is 64.2 Å². The van der Waals surface area contributed by atoms with E-state index in [1.807, 2.05) is 0 Å². The lowest BCUT2D eigenvalue weighted by Gasteiger charge is -2.15. The molecule has 0 spiro atoms. The Morgan fingerprint density at radius 1 is 1.26 bits per heavy atom. The van der Waals surface area contributed by atoms with E-state index in [1.165, 1.54) is 24.3 Å². The molecule has 0 radical (unpaired) electrons. The molecule has 2 aromatic rings. The van der Waals surface area contributed by atoms with Gasteiger partial charge in [0.1, 0.15) is 11.0 Å². The zero-order chi connectivity index (χ0) is 17.2. The van der Waals surface area contributed by atoms with Gasteiger partial charge in [0, 0.05) is 6.20 Å². The predicted molar refractivity (Wildman–Crippen MR) is 76.5 cm³/mol. The van der Waals surface area contributed by atoms with Crippen molar-refractivity contribution in [2.75, 3.05) is 0 Å². The van der Waals surface area contributed by atoms with Crippen LogP contribution >= 0.6 is 11.6 Å². The Labute approximate surface area is 134 Å². The van der Waals surface area contributed by atoms with Crippen LogP contribution in [0.2, 0.25) is 5.15 Å². The molecular formula is C15H11ClF4N2O. The number of carbonyl (C=O) groups is 1. The summed E-state index contributed by atoms with van der Waals surface area (Å²) in [7, 11) is 0. The molecule has 0 saturated carbocycles. The number of carbonyl (C=O) groups excluding carboxylic acids is 1. The number of hydrogen-bond acceptors (Lipinski definition) is 2. The highest BCUT2D eigenvalue weighted by molar-refractivity contribution is 6.32. The second kappa shape index (κ2) is 6.54. The van der Waals surface area contributed by atoms with Crippen LogP contribution in [-0.2, 0) is 6.18 Å². The van der Waals surface area contributed by atoms with Crippen molar-refractivity contribution in [1.29, 1.82) is 0 Å². The maximum Gasteiger partial charge on any atom is 0.417 e. The maximum absolute atomic E-state index is 12.9. The molecule has 3 nitrogen and oxygen atoms in total. The Balaban J connectivity index is 2.22. The van der Waals surface area contributed by atoms with E-state index in [-0.39, 0.29) is 10.7 Å². The van der Waals surface area contributed by atoms with E-state index in [9.17, 15) is 22.4 Å². The molecule has 1 aromatic carbocycles. The molecule has 0 bridgehead atoms. The molecule has 2 rings (SSSR count). The largest absolute Gasteiger partial charge is 0.417 e. The van der Waals surface area contributed by atoms with Crippen LogP contribution in [0.15, 0.2) is 36.5 Å². The molecule has 0 fully saturated rings. The predicted octanol–water partition coefficient (Wildman–Crippen LogP) is 4.38. The summed E-state index contributed by atoms with van der Waals surface area (Å²) in [6, 6.07) is 5.46. The van der Waals surface area contributed by atoms with Gasteiger partial charge in [-0.15, -0.1) is 0 Å². The number of aromatic nitrogens is 1. The van der Waals surface area contributed by atoms with Crippen LogP contribution in [0.4, 0.5) is 17.6 Å². The molecule has 0 aliphatic carbocycles. The van der Waals surface area contributed by atoms with Crippen LogP contribution in [0.25, 0.3) is 0 Å². The van der Waals surface area contributed by atoms with Gasteiger partial charge < -0.3 is 5.32 Å². The first kappa shape index (κ1) is 17.2. The monoisotopic (exact) mass is 346 g/mol. The third-order valence-electron chi connectivity index (χ3n) is 3.13. The van der Waals surface area contributed by atoms with Gasteiger partial charge >= 0.3 is 6.18 Å². The summed E-state index contributed by atoms with van der Waals surface area (Å²) < 4.78 is 50.9. The van der Waals surface area contributed by atoms with Crippen LogP contribution in [0.1, 0.15) is 34.5 Å². The van der Waals surface area contributed by atoms with Gasteiger partial charge in [-0.05, 0) is 30.7 Å². The zero-order valence-electron chi connectivity index (χ0n) is 11.8. The molecule has 0 saturated heterocycles. The van der Waals surface area contributed by atoms with E-state index in [1.54, 1.807) is 6.92 Å². The number of amides is 1. The summed E-state index contributed by atoms with van der Waals surface area (Å²) in [5, 5.41) is 2.17. The van der Waals surface area contributed by atoms with Crippen molar-refractivity contribution in [1.82, 2.24) is 10.3 Å². The molecule has 1 atom stereocenters. The molecule has 1 heterocycles. The highest BCUT2D eigenvalue weighted by atomic mass is 35.5. The van der Waals surface area contributed by atoms with Gasteiger partial charge in [0.05, 0.1) is 17.2 Å². The average molecular weight is 347 g/mol. The standard InChI is InChI=1S/C15H11ClF4N2O/c1-8(9-2-4-11(17)5-3-9)22-14(23)12-6-10(15(18,19)20)7-21-13(12)16/h2-8H,1H3,(H,22,23)/t8-/m0/s1. The number of halogens is 5. The van der Waals surface area contributed by atoms with Crippen LogP contribution in [0, 0.1) is 5.82 Å². The highest BCUT2D eigenvalue weighted by Gasteiger charge is 2.32. The van der Waals surface area contributed by atoms with Crippen molar-refractivity contribution < 1.29 is 22.4 Å². The van der Waals surface area contributed by atoms with E-state index in [4.69, 9.17) is 11.6 Å². The Hall–Kier alpha value is -2.15. The molecule has 0 aliphatic rings. The SMILES string of the molecule is C[C@H](NC(=O)c1cc(C(F)(F)F)cnc1Cl)c1ccc(F)cc1. The molecular weight excluding hydrogens is 336 g/mol. The number of nitrogens with zero attached hydrogens (tertiary/aromatic N) is 1. The minimum absolute atomic E-state index is 0.332. The fraction of sp³-hybridized carbons (Fsp3) is 0.200. The number of rotatable bonds is 3. The molecule has 1 N–H and O–H groups in total. The van der Waals surface area contributed by atoms with Gasteiger partial charge in [0.25, 0.3) is 5.91 Å². The topological polar surface area (TPSA) is 42.0 Å². The van der Waals surface area contributed by atoms with Crippen LogP contribution < -0.4 is 5.32 Å². The quantitative estimate of drug-likeness (QED) is 0.662. The van der Waals surface area contributed by atoms with E-state index in [0.717, 1.165) is 0 Å². The lowest BCUT2D eigenvalue weighted by molar-refractivity contribution is -0.137. The molecule has 122 valence electrons. The normalized spacial score (nSPS) is 12.8. The smallest absolute Gasteiger partial charge is 0.345 e. The number of benzene rings is 1. The minimum Gasteiger partial charge on any atom is -0.345 e. The van der Waals surface area contributed by atoms with Crippen LogP contribution in [0.3, 0.4) is 0 Å². The fourth-order valence-electron chi connectivity index (χ4n) is 1.87. The summed E-state index contributed by atoms with van der Waals surface area (Å²) in [4.78, 5) is 15.5. The van der Waals surface area contributed by atoms with Crippen molar-refractivity contribution in [3.63, 3.8) is 0 Å². The number of alkyl halides is 3. The van der Waals surface area contributed by atoms with E-state index < -0.39 is 29.5 Å².